The molecule has 0 spiro atoms. The van der Waals surface area contributed by atoms with Crippen LogP contribution in [-0.2, 0) is 9.59 Å². The lowest BCUT2D eigenvalue weighted by Crippen LogP contribution is -2.25. The predicted octanol–water partition coefficient (Wildman–Crippen LogP) is 4.40. The smallest absolute Gasteiger partial charge is 0.261 e. The molecule has 0 atom stereocenters. The molecule has 0 saturated heterocycles. The molecule has 2 N–H and O–H groups in total. The number of nitrogens with one attached hydrogen (secondary N) is 2. The third kappa shape index (κ3) is 5.21. The summed E-state index contributed by atoms with van der Waals surface area (Å²) in [6, 6.07) is 19.1. The summed E-state index contributed by atoms with van der Waals surface area (Å²) in [5, 5.41) is 5.61. The number of hydrogen-bond donors (Lipinski definition) is 2. The maximum absolute atomic E-state index is 13.0. The molecule has 1 heterocycles. The Kier molecular flexibility index (Phi) is 6.60. The molecular weight excluding hydrogens is 390 g/mol. The van der Waals surface area contributed by atoms with Crippen molar-refractivity contribution in [2.75, 3.05) is 17.7 Å². The molecule has 0 bridgehead atoms. The molecule has 6 nitrogen and oxygen atoms in total. The van der Waals surface area contributed by atoms with E-state index in [4.69, 9.17) is 16.3 Å². The number of pyridine rings is 1. The van der Waals surface area contributed by atoms with E-state index < -0.39 is 11.8 Å². The summed E-state index contributed by atoms with van der Waals surface area (Å²) in [6.07, 6.45) is 2.93. The van der Waals surface area contributed by atoms with Crippen LogP contribution in [0.15, 0.2) is 78.5 Å². The number of carbonyl (C=O) groups is 2. The average Bonchev–Trinajstić information content (AvgIpc) is 2.74. The fourth-order valence-electron chi connectivity index (χ4n) is 2.55. The zero-order chi connectivity index (χ0) is 20.6. The lowest BCUT2D eigenvalue weighted by atomic mass is 10.1. The van der Waals surface area contributed by atoms with Crippen molar-refractivity contribution >= 4 is 40.9 Å². The van der Waals surface area contributed by atoms with E-state index in [0.29, 0.717) is 22.7 Å². The van der Waals surface area contributed by atoms with E-state index in [2.05, 4.69) is 15.6 Å². The number of methoxy groups -OCH3 is 1. The third-order valence-electron chi connectivity index (χ3n) is 3.96. The fraction of sp³-hybridized carbons (Fsp3) is 0.0455. The SMILES string of the molecule is COc1ccccc1NC(=O)/C(=C/c1cccnc1Cl)C(=O)Nc1ccccc1. The minimum absolute atomic E-state index is 0.130. The summed E-state index contributed by atoms with van der Waals surface area (Å²) in [5.74, 6) is -0.713. The van der Waals surface area contributed by atoms with Gasteiger partial charge in [-0.1, -0.05) is 48.0 Å². The minimum Gasteiger partial charge on any atom is -0.495 e. The lowest BCUT2D eigenvalue weighted by molar-refractivity contribution is -0.118. The van der Waals surface area contributed by atoms with Crippen molar-refractivity contribution in [2.24, 2.45) is 0 Å². The van der Waals surface area contributed by atoms with Crippen LogP contribution in [0, 0.1) is 0 Å². The molecule has 0 radical (unpaired) electrons. The van der Waals surface area contributed by atoms with Crippen molar-refractivity contribution in [3.63, 3.8) is 0 Å². The first-order valence-electron chi connectivity index (χ1n) is 8.71. The van der Waals surface area contributed by atoms with E-state index >= 15 is 0 Å². The Labute approximate surface area is 173 Å². The maximum Gasteiger partial charge on any atom is 0.261 e. The topological polar surface area (TPSA) is 80.3 Å². The van der Waals surface area contributed by atoms with Crippen LogP contribution in [0.1, 0.15) is 5.56 Å². The summed E-state index contributed by atoms with van der Waals surface area (Å²) in [4.78, 5) is 29.8. The molecule has 7 heteroatoms. The number of anilines is 2. The molecule has 2 aromatic carbocycles. The van der Waals surface area contributed by atoms with Gasteiger partial charge in [0.2, 0.25) is 0 Å². The second-order valence-corrected chi connectivity index (χ2v) is 6.27. The summed E-state index contributed by atoms with van der Waals surface area (Å²) >= 11 is 6.11. The monoisotopic (exact) mass is 407 g/mol. The first kappa shape index (κ1) is 20.1. The Morgan fingerprint density at radius 2 is 1.62 bits per heavy atom. The Balaban J connectivity index is 1.94. The van der Waals surface area contributed by atoms with Gasteiger partial charge < -0.3 is 15.4 Å². The highest BCUT2D eigenvalue weighted by molar-refractivity contribution is 6.32. The van der Waals surface area contributed by atoms with Crippen molar-refractivity contribution in [3.05, 3.63) is 89.2 Å². The van der Waals surface area contributed by atoms with Gasteiger partial charge in [0.15, 0.2) is 0 Å². The van der Waals surface area contributed by atoms with Gasteiger partial charge in [0.1, 0.15) is 16.5 Å². The van der Waals surface area contributed by atoms with Crippen LogP contribution in [0.2, 0.25) is 5.15 Å². The highest BCUT2D eigenvalue weighted by atomic mass is 35.5. The highest BCUT2D eigenvalue weighted by Crippen LogP contribution is 2.24. The Bertz CT molecular complexity index is 1050. The van der Waals surface area contributed by atoms with E-state index in [1.54, 1.807) is 60.7 Å². The van der Waals surface area contributed by atoms with Crippen molar-refractivity contribution in [2.45, 2.75) is 0 Å². The molecular formula is C22H18ClN3O3. The van der Waals surface area contributed by atoms with E-state index in [9.17, 15) is 9.59 Å². The number of nitrogens with zero attached hydrogens (tertiary/aromatic N) is 1. The molecule has 3 aromatic rings. The van der Waals surface area contributed by atoms with E-state index in [1.165, 1.54) is 19.4 Å². The number of para-hydroxylation sites is 3. The van der Waals surface area contributed by atoms with Gasteiger partial charge in [-0.2, -0.15) is 0 Å². The molecule has 0 aliphatic rings. The van der Waals surface area contributed by atoms with Crippen LogP contribution in [0.25, 0.3) is 6.08 Å². The van der Waals surface area contributed by atoms with Gasteiger partial charge in [-0.25, -0.2) is 4.98 Å². The number of aromatic nitrogens is 1. The molecule has 3 rings (SSSR count). The largest absolute Gasteiger partial charge is 0.495 e. The second-order valence-electron chi connectivity index (χ2n) is 5.92. The third-order valence-corrected chi connectivity index (χ3v) is 4.28. The van der Waals surface area contributed by atoms with Crippen molar-refractivity contribution in [3.8, 4) is 5.75 Å². The quantitative estimate of drug-likeness (QED) is 0.274. The second kappa shape index (κ2) is 9.52. The normalized spacial score (nSPS) is 10.9. The Morgan fingerprint density at radius 1 is 0.931 bits per heavy atom. The van der Waals surface area contributed by atoms with Gasteiger partial charge in [-0.3, -0.25) is 9.59 Å². The molecule has 0 fully saturated rings. The van der Waals surface area contributed by atoms with Crippen LogP contribution in [-0.4, -0.2) is 23.9 Å². The van der Waals surface area contributed by atoms with Crippen LogP contribution in [0.5, 0.6) is 5.75 Å². The Morgan fingerprint density at radius 3 is 2.34 bits per heavy atom. The maximum atomic E-state index is 13.0. The first-order chi connectivity index (χ1) is 14.1. The first-order valence-corrected chi connectivity index (χ1v) is 9.09. The predicted molar refractivity (Wildman–Crippen MR) is 114 cm³/mol. The standard InChI is InChI=1S/C22H18ClN3O3/c1-29-19-12-6-5-11-18(19)26-22(28)17(14-15-8-7-13-24-20(15)23)21(27)25-16-9-3-2-4-10-16/h2-14H,1H3,(H,25,27)(H,26,28)/b17-14+. The summed E-state index contributed by atoms with van der Waals surface area (Å²) in [5.41, 5.74) is 1.32. The molecule has 0 aliphatic heterocycles. The van der Waals surface area contributed by atoms with Crippen LogP contribution in [0.3, 0.4) is 0 Å². The number of halogens is 1. The van der Waals surface area contributed by atoms with Crippen LogP contribution < -0.4 is 15.4 Å². The van der Waals surface area contributed by atoms with Crippen LogP contribution >= 0.6 is 11.6 Å². The zero-order valence-electron chi connectivity index (χ0n) is 15.6. The van der Waals surface area contributed by atoms with Crippen molar-refractivity contribution < 1.29 is 14.3 Å². The number of ether oxygens (including phenoxy) is 1. The van der Waals surface area contributed by atoms with E-state index in [0.717, 1.165) is 0 Å². The summed E-state index contributed by atoms with van der Waals surface area (Å²) < 4.78 is 5.25. The van der Waals surface area contributed by atoms with Gasteiger partial charge in [-0.15, -0.1) is 0 Å². The number of benzene rings is 2. The highest BCUT2D eigenvalue weighted by Gasteiger charge is 2.20. The average molecular weight is 408 g/mol. The zero-order valence-corrected chi connectivity index (χ0v) is 16.3. The van der Waals surface area contributed by atoms with E-state index in [1.807, 2.05) is 6.07 Å². The minimum atomic E-state index is -0.608. The lowest BCUT2D eigenvalue weighted by Gasteiger charge is -2.12. The molecule has 0 aliphatic carbocycles. The molecule has 0 saturated carbocycles. The van der Waals surface area contributed by atoms with Gasteiger partial charge in [0.05, 0.1) is 12.8 Å². The molecule has 0 unspecified atom stereocenters. The summed E-state index contributed by atoms with van der Waals surface area (Å²) in [7, 11) is 1.50. The molecule has 1 aromatic heterocycles. The number of amides is 2. The molecule has 146 valence electrons. The van der Waals surface area contributed by atoms with Gasteiger partial charge in [0, 0.05) is 17.4 Å². The fourth-order valence-corrected chi connectivity index (χ4v) is 2.73. The van der Waals surface area contributed by atoms with Gasteiger partial charge in [-0.05, 0) is 36.4 Å². The van der Waals surface area contributed by atoms with Crippen molar-refractivity contribution in [1.82, 2.24) is 4.98 Å². The number of rotatable bonds is 6. The Hall–Kier alpha value is -3.64. The molecule has 2 amide bonds. The summed E-state index contributed by atoms with van der Waals surface area (Å²) in [6.45, 7) is 0. The number of carbonyl (C=O) groups excluding carboxylic acids is 2. The van der Waals surface area contributed by atoms with Crippen molar-refractivity contribution in [1.29, 1.82) is 0 Å². The van der Waals surface area contributed by atoms with Gasteiger partial charge >= 0.3 is 0 Å². The van der Waals surface area contributed by atoms with Crippen LogP contribution in [0.4, 0.5) is 11.4 Å². The molecule has 29 heavy (non-hydrogen) atoms. The van der Waals surface area contributed by atoms with Gasteiger partial charge in [0.25, 0.3) is 11.8 Å². The van der Waals surface area contributed by atoms with E-state index in [-0.39, 0.29) is 10.7 Å². The number of hydrogen-bond acceptors (Lipinski definition) is 4.